The van der Waals surface area contributed by atoms with Gasteiger partial charge in [-0.1, -0.05) is 6.07 Å². The van der Waals surface area contributed by atoms with Crippen molar-refractivity contribution in [3.05, 3.63) is 23.5 Å². The average Bonchev–Trinajstić information content (AvgIpc) is 2.74. The van der Waals surface area contributed by atoms with Crippen LogP contribution in [0.4, 0.5) is 4.39 Å². The van der Waals surface area contributed by atoms with E-state index in [1.807, 2.05) is 40.7 Å². The maximum atomic E-state index is 14.3. The Hall–Kier alpha value is -1.07. The Morgan fingerprint density at radius 3 is 2.35 bits per heavy atom. The summed E-state index contributed by atoms with van der Waals surface area (Å²) in [6, 6.07) is 3.26. The predicted octanol–water partition coefficient (Wildman–Crippen LogP) is 2.45. The van der Waals surface area contributed by atoms with Crippen molar-refractivity contribution in [2.45, 2.75) is 58.3 Å². The minimum absolute atomic E-state index is 0.0953. The van der Waals surface area contributed by atoms with Crippen molar-refractivity contribution in [2.24, 2.45) is 0 Å². The topological polar surface area (TPSA) is 27.7 Å². The quantitative estimate of drug-likeness (QED) is 0.738. The molecule has 1 unspecified atom stereocenters. The van der Waals surface area contributed by atoms with Crippen LogP contribution < -0.4 is 10.2 Å². The lowest BCUT2D eigenvalue weighted by Crippen LogP contribution is -2.41. The molecule has 0 spiro atoms. The van der Waals surface area contributed by atoms with Gasteiger partial charge in [-0.3, -0.25) is 0 Å². The molecule has 0 aromatic heterocycles. The zero-order valence-electron chi connectivity index (χ0n) is 12.6. The van der Waals surface area contributed by atoms with Gasteiger partial charge in [0.05, 0.1) is 11.2 Å². The molecule has 1 aromatic carbocycles. The number of hydrogen-bond donors (Lipinski definition) is 0. The molecular weight excluding hydrogens is 258 g/mol. The molecule has 3 rings (SSSR count). The maximum absolute atomic E-state index is 14.3. The van der Waals surface area contributed by atoms with Crippen LogP contribution in [-0.4, -0.2) is 24.4 Å². The molecular formula is C15H20BFO3. The highest BCUT2D eigenvalue weighted by atomic mass is 19.1. The minimum Gasteiger partial charge on any atom is -0.490 e. The van der Waals surface area contributed by atoms with Gasteiger partial charge in [-0.2, -0.15) is 0 Å². The first-order chi connectivity index (χ1) is 9.19. The Bertz CT molecular complexity index is 540. The fraction of sp³-hybridized carbons (Fsp3) is 0.600. The van der Waals surface area contributed by atoms with E-state index in [2.05, 4.69) is 0 Å². The maximum Gasteiger partial charge on any atom is 0.497 e. The van der Waals surface area contributed by atoms with E-state index < -0.39 is 18.3 Å². The van der Waals surface area contributed by atoms with Gasteiger partial charge in [0.25, 0.3) is 0 Å². The van der Waals surface area contributed by atoms with E-state index in [1.165, 1.54) is 6.07 Å². The molecule has 2 aliphatic rings. The van der Waals surface area contributed by atoms with Gasteiger partial charge in [-0.05, 0) is 40.2 Å². The first kappa shape index (κ1) is 13.9. The van der Waals surface area contributed by atoms with Crippen molar-refractivity contribution in [2.75, 3.05) is 0 Å². The Morgan fingerprint density at radius 2 is 1.75 bits per heavy atom. The number of halogens is 1. The van der Waals surface area contributed by atoms with Gasteiger partial charge < -0.3 is 14.0 Å². The molecule has 20 heavy (non-hydrogen) atoms. The Morgan fingerprint density at radius 1 is 1.15 bits per heavy atom. The lowest BCUT2D eigenvalue weighted by atomic mass is 9.77. The van der Waals surface area contributed by atoms with Gasteiger partial charge in [-0.25, -0.2) is 4.39 Å². The molecule has 5 heteroatoms. The smallest absolute Gasteiger partial charge is 0.490 e. The molecule has 1 atom stereocenters. The third kappa shape index (κ3) is 2.04. The highest BCUT2D eigenvalue weighted by Crippen LogP contribution is 2.37. The molecule has 0 bridgehead atoms. The molecule has 3 nitrogen and oxygen atoms in total. The van der Waals surface area contributed by atoms with E-state index in [1.54, 1.807) is 0 Å². The largest absolute Gasteiger partial charge is 0.497 e. The van der Waals surface area contributed by atoms with E-state index in [4.69, 9.17) is 14.0 Å². The van der Waals surface area contributed by atoms with E-state index in [-0.39, 0.29) is 11.9 Å². The van der Waals surface area contributed by atoms with Crippen molar-refractivity contribution in [1.29, 1.82) is 0 Å². The van der Waals surface area contributed by atoms with Crippen molar-refractivity contribution in [1.82, 2.24) is 0 Å². The van der Waals surface area contributed by atoms with Gasteiger partial charge >= 0.3 is 7.12 Å². The molecule has 0 N–H and O–H groups in total. The second kappa shape index (κ2) is 4.21. The molecule has 0 radical (unpaired) electrons. The summed E-state index contributed by atoms with van der Waals surface area (Å²) in [5.41, 5.74) is 0.545. The summed E-state index contributed by atoms with van der Waals surface area (Å²) in [7, 11) is -0.666. The van der Waals surface area contributed by atoms with Crippen molar-refractivity contribution in [3.63, 3.8) is 0 Å². The van der Waals surface area contributed by atoms with Crippen LogP contribution in [0.25, 0.3) is 0 Å². The standard InChI is InChI=1S/C15H20BFO3/c1-9-6-10-7-11(12(17)8-13(10)18-9)16-19-14(2,3)15(4,5)20-16/h7-9H,6H2,1-5H3. The van der Waals surface area contributed by atoms with Gasteiger partial charge in [0.2, 0.25) is 0 Å². The molecule has 2 heterocycles. The van der Waals surface area contributed by atoms with Crippen LogP contribution in [0.5, 0.6) is 5.75 Å². The fourth-order valence-corrected chi connectivity index (χ4v) is 2.61. The lowest BCUT2D eigenvalue weighted by molar-refractivity contribution is 0.00578. The second-order valence-corrected chi connectivity index (χ2v) is 6.70. The number of benzene rings is 1. The zero-order valence-corrected chi connectivity index (χ0v) is 12.6. The van der Waals surface area contributed by atoms with Gasteiger partial charge in [0.15, 0.2) is 0 Å². The van der Waals surface area contributed by atoms with Crippen LogP contribution in [-0.2, 0) is 15.7 Å². The first-order valence-corrected chi connectivity index (χ1v) is 7.04. The fourth-order valence-electron chi connectivity index (χ4n) is 2.61. The summed E-state index contributed by atoms with van der Waals surface area (Å²) in [5.74, 6) is 0.298. The van der Waals surface area contributed by atoms with Crippen LogP contribution >= 0.6 is 0 Å². The summed E-state index contributed by atoms with van der Waals surface area (Å²) in [5, 5.41) is 0. The van der Waals surface area contributed by atoms with Crippen molar-refractivity contribution < 1.29 is 18.4 Å². The number of ether oxygens (including phenoxy) is 1. The summed E-state index contributed by atoms with van der Waals surface area (Å²) in [6.45, 7) is 9.83. The SMILES string of the molecule is CC1Cc2cc(B3OC(C)(C)C(C)(C)O3)c(F)cc2O1. The summed E-state index contributed by atoms with van der Waals surface area (Å²) in [6.07, 6.45) is 0.889. The van der Waals surface area contributed by atoms with Gasteiger partial charge in [0, 0.05) is 17.9 Å². The Labute approximate surface area is 119 Å². The molecule has 0 amide bonds. The van der Waals surface area contributed by atoms with Crippen LogP contribution in [0.2, 0.25) is 0 Å². The van der Waals surface area contributed by atoms with Crippen LogP contribution in [0.15, 0.2) is 12.1 Å². The van der Waals surface area contributed by atoms with E-state index in [9.17, 15) is 4.39 Å². The summed E-state index contributed by atoms with van der Waals surface area (Å²) >= 11 is 0. The average molecular weight is 278 g/mol. The number of hydrogen-bond acceptors (Lipinski definition) is 3. The molecule has 1 aromatic rings. The third-order valence-corrected chi connectivity index (χ3v) is 4.52. The van der Waals surface area contributed by atoms with Crippen molar-refractivity contribution >= 4 is 12.6 Å². The Balaban J connectivity index is 1.95. The lowest BCUT2D eigenvalue weighted by Gasteiger charge is -2.32. The van der Waals surface area contributed by atoms with Crippen LogP contribution in [0, 0.1) is 5.82 Å². The highest BCUT2D eigenvalue weighted by Gasteiger charge is 2.52. The summed E-state index contributed by atoms with van der Waals surface area (Å²) in [4.78, 5) is 0. The van der Waals surface area contributed by atoms with E-state index in [0.29, 0.717) is 11.2 Å². The van der Waals surface area contributed by atoms with Gasteiger partial charge in [-0.15, -0.1) is 0 Å². The predicted molar refractivity (Wildman–Crippen MR) is 75.9 cm³/mol. The monoisotopic (exact) mass is 278 g/mol. The highest BCUT2D eigenvalue weighted by molar-refractivity contribution is 6.62. The molecule has 1 saturated heterocycles. The molecule has 0 aliphatic carbocycles. The number of rotatable bonds is 1. The van der Waals surface area contributed by atoms with Crippen LogP contribution in [0.1, 0.15) is 40.2 Å². The minimum atomic E-state index is -0.666. The third-order valence-electron chi connectivity index (χ3n) is 4.52. The zero-order chi connectivity index (χ0) is 14.7. The number of fused-ring (bicyclic) bond motifs is 1. The molecule has 108 valence electrons. The van der Waals surface area contributed by atoms with Crippen molar-refractivity contribution in [3.8, 4) is 5.75 Å². The van der Waals surface area contributed by atoms with E-state index in [0.717, 1.165) is 12.0 Å². The van der Waals surface area contributed by atoms with Crippen LogP contribution in [0.3, 0.4) is 0 Å². The summed E-state index contributed by atoms with van der Waals surface area (Å²) < 4.78 is 31.7. The van der Waals surface area contributed by atoms with E-state index >= 15 is 0 Å². The second-order valence-electron chi connectivity index (χ2n) is 6.70. The molecule has 1 fully saturated rings. The molecule has 0 saturated carbocycles. The Kier molecular flexibility index (Phi) is 2.93. The first-order valence-electron chi connectivity index (χ1n) is 7.04. The molecule has 2 aliphatic heterocycles. The van der Waals surface area contributed by atoms with Gasteiger partial charge in [0.1, 0.15) is 17.7 Å². The normalized spacial score (nSPS) is 26.5.